The molecule has 0 fully saturated rings. The van der Waals surface area contributed by atoms with E-state index in [0.29, 0.717) is 19.4 Å². The molecule has 0 aromatic heterocycles. The van der Waals surface area contributed by atoms with Gasteiger partial charge in [-0.05, 0) is 26.2 Å². The van der Waals surface area contributed by atoms with Gasteiger partial charge in [0.15, 0.2) is 6.10 Å². The van der Waals surface area contributed by atoms with Gasteiger partial charge in [0.05, 0.1) is 6.61 Å². The Morgan fingerprint density at radius 3 is 1.96 bits per heavy atom. The van der Waals surface area contributed by atoms with E-state index in [4.69, 9.17) is 15.9 Å². The largest absolute Gasteiger partial charge is 0.466 e. The van der Waals surface area contributed by atoms with Crippen LogP contribution in [0, 0.1) is 12.3 Å². The molecule has 0 radical (unpaired) electrons. The normalized spacial score (nSPS) is 11.6. The summed E-state index contributed by atoms with van der Waals surface area (Å²) >= 11 is 0. The predicted molar refractivity (Wildman–Crippen MR) is 101 cm³/mol. The Morgan fingerprint density at radius 2 is 1.36 bits per heavy atom. The second-order valence-corrected chi connectivity index (χ2v) is 6.55. The standard InChI is InChI=1S/C21H36O4/c1-4-6-7-12-15-18-24-20(22)16-13-10-8-9-11-14-17-21(23)25-19(3)5-2/h2,19H,4,6-18H2,1,3H3. The van der Waals surface area contributed by atoms with Crippen molar-refractivity contribution >= 4 is 11.9 Å². The zero-order valence-electron chi connectivity index (χ0n) is 16.2. The van der Waals surface area contributed by atoms with Crippen LogP contribution in [-0.2, 0) is 19.1 Å². The van der Waals surface area contributed by atoms with Crippen LogP contribution in [-0.4, -0.2) is 24.6 Å². The van der Waals surface area contributed by atoms with Crippen molar-refractivity contribution in [2.24, 2.45) is 0 Å². The van der Waals surface area contributed by atoms with Crippen molar-refractivity contribution in [1.29, 1.82) is 0 Å². The number of unbranched alkanes of at least 4 members (excludes halogenated alkanes) is 9. The van der Waals surface area contributed by atoms with E-state index in [1.54, 1.807) is 6.92 Å². The summed E-state index contributed by atoms with van der Waals surface area (Å²) in [6, 6.07) is 0. The average molecular weight is 353 g/mol. The first-order chi connectivity index (χ1) is 12.1. The van der Waals surface area contributed by atoms with Crippen LogP contribution >= 0.6 is 0 Å². The number of terminal acetylenes is 1. The monoisotopic (exact) mass is 352 g/mol. The van der Waals surface area contributed by atoms with Crippen molar-refractivity contribution in [2.75, 3.05) is 6.61 Å². The molecule has 1 atom stereocenters. The van der Waals surface area contributed by atoms with Crippen LogP contribution in [0.3, 0.4) is 0 Å². The molecule has 0 aromatic carbocycles. The second kappa shape index (κ2) is 17.3. The lowest BCUT2D eigenvalue weighted by molar-refractivity contribution is -0.146. The first kappa shape index (κ1) is 23.5. The molecule has 0 heterocycles. The van der Waals surface area contributed by atoms with Crippen LogP contribution < -0.4 is 0 Å². The van der Waals surface area contributed by atoms with Gasteiger partial charge in [0.25, 0.3) is 0 Å². The Hall–Kier alpha value is -1.50. The number of carbonyl (C=O) groups is 2. The van der Waals surface area contributed by atoms with E-state index < -0.39 is 6.10 Å². The molecule has 0 N–H and O–H groups in total. The Bertz CT molecular complexity index is 384. The van der Waals surface area contributed by atoms with Gasteiger partial charge in [-0.2, -0.15) is 0 Å². The lowest BCUT2D eigenvalue weighted by Gasteiger charge is -2.07. The summed E-state index contributed by atoms with van der Waals surface area (Å²) in [7, 11) is 0. The van der Waals surface area contributed by atoms with Crippen molar-refractivity contribution in [3.63, 3.8) is 0 Å². The minimum atomic E-state index is -0.441. The van der Waals surface area contributed by atoms with E-state index in [0.717, 1.165) is 51.4 Å². The third kappa shape index (κ3) is 17.1. The van der Waals surface area contributed by atoms with Gasteiger partial charge in [-0.3, -0.25) is 9.59 Å². The van der Waals surface area contributed by atoms with E-state index in [1.807, 2.05) is 0 Å². The van der Waals surface area contributed by atoms with Crippen molar-refractivity contribution in [3.8, 4) is 12.3 Å². The summed E-state index contributed by atoms with van der Waals surface area (Å²) in [5, 5.41) is 0. The number of esters is 2. The molecule has 25 heavy (non-hydrogen) atoms. The van der Waals surface area contributed by atoms with Crippen LogP contribution in [0.1, 0.15) is 97.3 Å². The fourth-order valence-corrected chi connectivity index (χ4v) is 2.50. The summed E-state index contributed by atoms with van der Waals surface area (Å²) in [6.07, 6.45) is 17.4. The van der Waals surface area contributed by atoms with Crippen molar-refractivity contribution < 1.29 is 19.1 Å². The highest BCUT2D eigenvalue weighted by Gasteiger charge is 2.06. The summed E-state index contributed by atoms with van der Waals surface area (Å²) in [6.45, 7) is 4.45. The number of hydrogen-bond acceptors (Lipinski definition) is 4. The quantitative estimate of drug-likeness (QED) is 0.218. The molecular weight excluding hydrogens is 316 g/mol. The van der Waals surface area contributed by atoms with Crippen LogP contribution in [0.15, 0.2) is 0 Å². The minimum Gasteiger partial charge on any atom is -0.466 e. The average Bonchev–Trinajstić information content (AvgIpc) is 2.60. The zero-order chi connectivity index (χ0) is 18.8. The van der Waals surface area contributed by atoms with Gasteiger partial charge in [0, 0.05) is 12.8 Å². The van der Waals surface area contributed by atoms with Gasteiger partial charge in [-0.15, -0.1) is 6.42 Å². The molecular formula is C21H36O4. The highest BCUT2D eigenvalue weighted by molar-refractivity contribution is 5.69. The third-order valence-corrected chi connectivity index (χ3v) is 4.07. The maximum Gasteiger partial charge on any atom is 0.307 e. The van der Waals surface area contributed by atoms with Gasteiger partial charge in [0.1, 0.15) is 0 Å². The zero-order valence-corrected chi connectivity index (χ0v) is 16.2. The number of hydrogen-bond donors (Lipinski definition) is 0. The van der Waals surface area contributed by atoms with E-state index in [-0.39, 0.29) is 11.9 Å². The maximum atomic E-state index is 11.6. The van der Waals surface area contributed by atoms with E-state index in [2.05, 4.69) is 12.8 Å². The highest BCUT2D eigenvalue weighted by atomic mass is 16.5. The summed E-state index contributed by atoms with van der Waals surface area (Å²) in [5.74, 6) is 2.08. The Morgan fingerprint density at radius 1 is 0.840 bits per heavy atom. The molecule has 0 aliphatic heterocycles. The van der Waals surface area contributed by atoms with Gasteiger partial charge in [-0.1, -0.05) is 64.2 Å². The molecule has 144 valence electrons. The molecule has 0 spiro atoms. The van der Waals surface area contributed by atoms with Crippen molar-refractivity contribution in [2.45, 2.75) is 103 Å². The summed E-state index contributed by atoms with van der Waals surface area (Å²) < 4.78 is 10.2. The number of carbonyl (C=O) groups excluding carboxylic acids is 2. The molecule has 0 aromatic rings. The van der Waals surface area contributed by atoms with Crippen LogP contribution in [0.2, 0.25) is 0 Å². The predicted octanol–water partition coefficient (Wildman–Crippen LogP) is 5.19. The fourth-order valence-electron chi connectivity index (χ4n) is 2.50. The van der Waals surface area contributed by atoms with E-state index in [1.165, 1.54) is 19.3 Å². The lowest BCUT2D eigenvalue weighted by Crippen LogP contribution is -2.12. The molecule has 0 rings (SSSR count). The van der Waals surface area contributed by atoms with Gasteiger partial charge >= 0.3 is 11.9 Å². The van der Waals surface area contributed by atoms with Crippen molar-refractivity contribution in [3.05, 3.63) is 0 Å². The molecule has 4 heteroatoms. The SMILES string of the molecule is C#CC(C)OC(=O)CCCCCCCCC(=O)OCCCCCCC. The number of rotatable bonds is 16. The molecule has 0 aliphatic rings. The van der Waals surface area contributed by atoms with E-state index >= 15 is 0 Å². The molecule has 0 aliphatic carbocycles. The summed E-state index contributed by atoms with van der Waals surface area (Å²) in [4.78, 5) is 23.0. The van der Waals surface area contributed by atoms with E-state index in [9.17, 15) is 9.59 Å². The molecule has 4 nitrogen and oxygen atoms in total. The van der Waals surface area contributed by atoms with Gasteiger partial charge in [-0.25, -0.2) is 0 Å². The molecule has 0 amide bonds. The first-order valence-electron chi connectivity index (χ1n) is 9.91. The van der Waals surface area contributed by atoms with Gasteiger partial charge in [0.2, 0.25) is 0 Å². The second-order valence-electron chi connectivity index (χ2n) is 6.55. The smallest absolute Gasteiger partial charge is 0.307 e. The Kier molecular flexibility index (Phi) is 16.3. The highest BCUT2D eigenvalue weighted by Crippen LogP contribution is 2.10. The minimum absolute atomic E-state index is 0.0686. The van der Waals surface area contributed by atoms with Gasteiger partial charge < -0.3 is 9.47 Å². The Balaban J connectivity index is 3.31. The lowest BCUT2D eigenvalue weighted by atomic mass is 10.1. The Labute approximate surface area is 154 Å². The first-order valence-corrected chi connectivity index (χ1v) is 9.91. The molecule has 0 saturated carbocycles. The third-order valence-electron chi connectivity index (χ3n) is 4.07. The summed E-state index contributed by atoms with van der Waals surface area (Å²) in [5.41, 5.74) is 0. The topological polar surface area (TPSA) is 52.6 Å². The molecule has 0 bridgehead atoms. The number of ether oxygens (including phenoxy) is 2. The molecule has 1 unspecified atom stereocenters. The van der Waals surface area contributed by atoms with Crippen molar-refractivity contribution in [1.82, 2.24) is 0 Å². The maximum absolute atomic E-state index is 11.6. The fraction of sp³-hybridized carbons (Fsp3) is 0.810. The van der Waals surface area contributed by atoms with Crippen LogP contribution in [0.5, 0.6) is 0 Å². The van der Waals surface area contributed by atoms with Crippen LogP contribution in [0.4, 0.5) is 0 Å². The van der Waals surface area contributed by atoms with Crippen LogP contribution in [0.25, 0.3) is 0 Å². The molecule has 0 saturated heterocycles.